The third-order valence-corrected chi connectivity index (χ3v) is 2.90. The summed E-state index contributed by atoms with van der Waals surface area (Å²) in [7, 11) is 1.54. The predicted octanol–water partition coefficient (Wildman–Crippen LogP) is 1.45. The fourth-order valence-corrected chi connectivity index (χ4v) is 1.68. The molecule has 1 aromatic heterocycles. The molecule has 2 N–H and O–H groups in total. The van der Waals surface area contributed by atoms with Gasteiger partial charge in [0.25, 0.3) is 5.91 Å². The molecule has 1 unspecified atom stereocenters. The average Bonchev–Trinajstić information content (AvgIpc) is 2.38. The van der Waals surface area contributed by atoms with Gasteiger partial charge in [-0.25, -0.2) is 9.78 Å². The van der Waals surface area contributed by atoms with Crippen LogP contribution in [0.1, 0.15) is 23.2 Å². The van der Waals surface area contributed by atoms with Crippen molar-refractivity contribution < 1.29 is 19.4 Å². The Morgan fingerprint density at radius 3 is 2.79 bits per heavy atom. The highest BCUT2D eigenvalue weighted by atomic mass is 79.9. The van der Waals surface area contributed by atoms with Gasteiger partial charge in [-0.2, -0.15) is 0 Å². The number of pyridine rings is 1. The number of nitrogens with zero attached hydrogens (tertiary/aromatic N) is 1. The second-order valence-electron chi connectivity index (χ2n) is 3.87. The number of hydrogen-bond acceptors (Lipinski definition) is 4. The van der Waals surface area contributed by atoms with Crippen LogP contribution in [0.25, 0.3) is 0 Å². The van der Waals surface area contributed by atoms with E-state index in [2.05, 4.69) is 26.2 Å². The summed E-state index contributed by atoms with van der Waals surface area (Å²) in [4.78, 5) is 26.8. The number of aliphatic carboxylic acids is 1. The Hall–Kier alpha value is -1.47. The molecule has 0 aliphatic carbocycles. The van der Waals surface area contributed by atoms with E-state index in [-0.39, 0.29) is 0 Å². The van der Waals surface area contributed by atoms with E-state index in [1.165, 1.54) is 6.20 Å². The molecule has 104 valence electrons. The van der Waals surface area contributed by atoms with Crippen LogP contribution >= 0.6 is 15.9 Å². The summed E-state index contributed by atoms with van der Waals surface area (Å²) >= 11 is 3.16. The average molecular weight is 331 g/mol. The first-order chi connectivity index (χ1) is 9.04. The number of ether oxygens (including phenoxy) is 1. The van der Waals surface area contributed by atoms with E-state index >= 15 is 0 Å². The van der Waals surface area contributed by atoms with Crippen LogP contribution in [0.15, 0.2) is 22.9 Å². The molecule has 1 heterocycles. The van der Waals surface area contributed by atoms with Gasteiger partial charge in [-0.05, 0) is 40.9 Å². The Balaban J connectivity index is 2.60. The van der Waals surface area contributed by atoms with Gasteiger partial charge < -0.3 is 15.2 Å². The van der Waals surface area contributed by atoms with Gasteiger partial charge in [0.2, 0.25) is 0 Å². The maximum atomic E-state index is 11.8. The third-order valence-electron chi connectivity index (χ3n) is 2.43. The van der Waals surface area contributed by atoms with Crippen LogP contribution in [-0.4, -0.2) is 41.7 Å². The van der Waals surface area contributed by atoms with Gasteiger partial charge in [0.05, 0.1) is 5.56 Å². The number of halogens is 1. The first-order valence-corrected chi connectivity index (χ1v) is 6.48. The number of nitrogens with one attached hydrogen (secondary N) is 1. The summed E-state index contributed by atoms with van der Waals surface area (Å²) in [5, 5.41) is 11.5. The molecule has 0 fully saturated rings. The van der Waals surface area contributed by atoms with Crippen molar-refractivity contribution in [1.29, 1.82) is 0 Å². The molecule has 0 spiro atoms. The zero-order chi connectivity index (χ0) is 14.3. The number of methoxy groups -OCH3 is 1. The lowest BCUT2D eigenvalue weighted by atomic mass is 10.1. The quantitative estimate of drug-likeness (QED) is 0.583. The molecule has 19 heavy (non-hydrogen) atoms. The second kappa shape index (κ2) is 7.85. The predicted molar refractivity (Wildman–Crippen MR) is 71.9 cm³/mol. The van der Waals surface area contributed by atoms with Crippen LogP contribution in [0.3, 0.4) is 0 Å². The molecule has 7 heteroatoms. The van der Waals surface area contributed by atoms with Gasteiger partial charge in [-0.3, -0.25) is 4.79 Å². The zero-order valence-corrected chi connectivity index (χ0v) is 12.0. The van der Waals surface area contributed by atoms with E-state index in [9.17, 15) is 9.59 Å². The number of hydrogen-bond donors (Lipinski definition) is 2. The topological polar surface area (TPSA) is 88.5 Å². The standard InChI is InChI=1S/C12H15BrN2O4/c1-19-6-2-3-9(12(17)18)15-11(16)8-4-5-10(13)14-7-8/h4-5,7,9H,2-3,6H2,1H3,(H,15,16)(H,17,18). The molecule has 0 aliphatic heterocycles. The van der Waals surface area contributed by atoms with Crippen molar-refractivity contribution in [1.82, 2.24) is 10.3 Å². The minimum atomic E-state index is -1.06. The van der Waals surface area contributed by atoms with Crippen molar-refractivity contribution in [2.45, 2.75) is 18.9 Å². The molecule has 0 aromatic carbocycles. The highest BCUT2D eigenvalue weighted by Gasteiger charge is 2.20. The summed E-state index contributed by atoms with van der Waals surface area (Å²) in [6.07, 6.45) is 2.26. The van der Waals surface area contributed by atoms with E-state index < -0.39 is 17.9 Å². The Morgan fingerprint density at radius 1 is 1.53 bits per heavy atom. The molecule has 6 nitrogen and oxygen atoms in total. The Morgan fingerprint density at radius 2 is 2.26 bits per heavy atom. The van der Waals surface area contributed by atoms with E-state index in [1.807, 2.05) is 0 Å². The molecule has 0 radical (unpaired) electrons. The van der Waals surface area contributed by atoms with Crippen LogP contribution in [-0.2, 0) is 9.53 Å². The van der Waals surface area contributed by atoms with Crippen LogP contribution in [0.2, 0.25) is 0 Å². The maximum Gasteiger partial charge on any atom is 0.326 e. The third kappa shape index (κ3) is 5.35. The summed E-state index contributed by atoms with van der Waals surface area (Å²) in [5.41, 5.74) is 0.321. The summed E-state index contributed by atoms with van der Waals surface area (Å²) in [6.45, 7) is 0.458. The fourth-order valence-electron chi connectivity index (χ4n) is 1.44. The fraction of sp³-hybridized carbons (Fsp3) is 0.417. The molecule has 1 atom stereocenters. The highest BCUT2D eigenvalue weighted by molar-refractivity contribution is 9.10. The number of carbonyl (C=O) groups excluding carboxylic acids is 1. The molecule has 1 aromatic rings. The molecular formula is C12H15BrN2O4. The molecule has 0 saturated carbocycles. The van der Waals surface area contributed by atoms with Crippen molar-refractivity contribution >= 4 is 27.8 Å². The Bertz CT molecular complexity index is 436. The van der Waals surface area contributed by atoms with Gasteiger partial charge in [0, 0.05) is 19.9 Å². The van der Waals surface area contributed by atoms with Crippen molar-refractivity contribution in [3.63, 3.8) is 0 Å². The lowest BCUT2D eigenvalue weighted by Crippen LogP contribution is -2.40. The van der Waals surface area contributed by atoms with Crippen LogP contribution in [0, 0.1) is 0 Å². The van der Waals surface area contributed by atoms with Crippen molar-refractivity contribution in [3.8, 4) is 0 Å². The number of carboxylic acid groups (broad SMARTS) is 1. The molecular weight excluding hydrogens is 316 g/mol. The number of rotatable bonds is 7. The monoisotopic (exact) mass is 330 g/mol. The van der Waals surface area contributed by atoms with Crippen LogP contribution in [0.5, 0.6) is 0 Å². The highest BCUT2D eigenvalue weighted by Crippen LogP contribution is 2.07. The van der Waals surface area contributed by atoms with Gasteiger partial charge >= 0.3 is 5.97 Å². The lowest BCUT2D eigenvalue weighted by molar-refractivity contribution is -0.139. The largest absolute Gasteiger partial charge is 0.480 e. The van der Waals surface area contributed by atoms with Crippen molar-refractivity contribution in [2.75, 3.05) is 13.7 Å². The molecule has 0 aliphatic rings. The lowest BCUT2D eigenvalue weighted by Gasteiger charge is -2.14. The molecule has 0 bridgehead atoms. The molecule has 1 amide bonds. The molecule has 0 saturated heterocycles. The van der Waals surface area contributed by atoms with E-state index in [0.717, 1.165) is 0 Å². The Labute approximate surface area is 119 Å². The van der Waals surface area contributed by atoms with Crippen LogP contribution in [0.4, 0.5) is 0 Å². The van der Waals surface area contributed by atoms with Gasteiger partial charge in [-0.15, -0.1) is 0 Å². The summed E-state index contributed by atoms with van der Waals surface area (Å²) < 4.78 is 5.46. The maximum absolute atomic E-state index is 11.8. The minimum absolute atomic E-state index is 0.318. The van der Waals surface area contributed by atoms with Crippen molar-refractivity contribution in [2.24, 2.45) is 0 Å². The first-order valence-electron chi connectivity index (χ1n) is 5.68. The first kappa shape index (κ1) is 15.6. The van der Waals surface area contributed by atoms with Crippen LogP contribution < -0.4 is 5.32 Å². The van der Waals surface area contributed by atoms with Gasteiger partial charge in [-0.1, -0.05) is 0 Å². The Kier molecular flexibility index (Phi) is 6.44. The smallest absolute Gasteiger partial charge is 0.326 e. The van der Waals surface area contributed by atoms with Gasteiger partial charge in [0.15, 0.2) is 0 Å². The van der Waals surface area contributed by atoms with E-state index in [0.29, 0.717) is 29.6 Å². The van der Waals surface area contributed by atoms with Crippen molar-refractivity contribution in [3.05, 3.63) is 28.5 Å². The van der Waals surface area contributed by atoms with E-state index in [4.69, 9.17) is 9.84 Å². The second-order valence-corrected chi connectivity index (χ2v) is 4.68. The SMILES string of the molecule is COCCCC(NC(=O)c1ccc(Br)nc1)C(=O)O. The summed E-state index contributed by atoms with van der Waals surface area (Å²) in [5.74, 6) is -1.51. The minimum Gasteiger partial charge on any atom is -0.480 e. The van der Waals surface area contributed by atoms with E-state index in [1.54, 1.807) is 19.2 Å². The number of aromatic nitrogens is 1. The number of amides is 1. The number of carboxylic acids is 1. The summed E-state index contributed by atoms with van der Waals surface area (Å²) in [6, 6.07) is 2.27. The normalized spacial score (nSPS) is 11.9. The zero-order valence-electron chi connectivity index (χ0n) is 10.4. The van der Waals surface area contributed by atoms with Gasteiger partial charge in [0.1, 0.15) is 10.6 Å². The number of carbonyl (C=O) groups is 2. The molecule has 1 rings (SSSR count).